The van der Waals surface area contributed by atoms with Gasteiger partial charge in [0.2, 0.25) is 12.7 Å². The molecule has 1 aromatic carbocycles. The molecule has 2 N–H and O–H groups in total. The normalized spacial score (nSPS) is 13.3. The summed E-state index contributed by atoms with van der Waals surface area (Å²) >= 11 is 0. The summed E-state index contributed by atoms with van der Waals surface area (Å²) in [6.07, 6.45) is 0. The van der Waals surface area contributed by atoms with E-state index in [-0.39, 0.29) is 12.2 Å². The molecular formula is C15H17N3O3. The molecule has 0 spiro atoms. The van der Waals surface area contributed by atoms with Crippen molar-refractivity contribution < 1.29 is 14.2 Å². The number of rotatable bonds is 2. The van der Waals surface area contributed by atoms with E-state index in [1.54, 1.807) is 24.3 Å². The fraction of sp³-hybridized carbons (Fsp3) is 0.333. The summed E-state index contributed by atoms with van der Waals surface area (Å²) in [5, 5.41) is 0. The minimum absolute atomic E-state index is 0.206. The second kappa shape index (κ2) is 4.80. The van der Waals surface area contributed by atoms with E-state index in [9.17, 15) is 0 Å². The van der Waals surface area contributed by atoms with Gasteiger partial charge in [0.1, 0.15) is 17.4 Å². The number of nitrogens with zero attached hydrogens (tertiary/aromatic N) is 2. The number of nitrogen functional groups attached to an aromatic ring is 1. The summed E-state index contributed by atoms with van der Waals surface area (Å²) in [6, 6.07) is 6.95. The molecule has 0 atom stereocenters. The van der Waals surface area contributed by atoms with Crippen LogP contribution in [0.15, 0.2) is 24.3 Å². The average Bonchev–Trinajstić information content (AvgIpc) is 2.84. The van der Waals surface area contributed by atoms with E-state index >= 15 is 0 Å². The maximum absolute atomic E-state index is 5.82. The Balaban J connectivity index is 1.89. The zero-order chi connectivity index (χ0) is 15.0. The van der Waals surface area contributed by atoms with Crippen LogP contribution in [0.25, 0.3) is 0 Å². The molecule has 2 heterocycles. The smallest absolute Gasteiger partial charge is 0.231 e. The molecular weight excluding hydrogens is 270 g/mol. The highest BCUT2D eigenvalue weighted by molar-refractivity contribution is 5.48. The molecule has 0 aliphatic carbocycles. The van der Waals surface area contributed by atoms with Crippen LogP contribution in [0.5, 0.6) is 23.1 Å². The Hall–Kier alpha value is -2.50. The van der Waals surface area contributed by atoms with Crippen LogP contribution < -0.4 is 19.9 Å². The Morgan fingerprint density at radius 1 is 1.10 bits per heavy atom. The Labute approximate surface area is 122 Å². The van der Waals surface area contributed by atoms with Crippen molar-refractivity contribution in [2.75, 3.05) is 12.5 Å². The molecule has 1 aliphatic heterocycles. The average molecular weight is 287 g/mol. The molecule has 3 rings (SSSR count). The van der Waals surface area contributed by atoms with Crippen LogP contribution in [0.2, 0.25) is 0 Å². The van der Waals surface area contributed by atoms with Gasteiger partial charge in [-0.05, 0) is 12.1 Å². The van der Waals surface area contributed by atoms with Crippen molar-refractivity contribution in [1.82, 2.24) is 9.97 Å². The van der Waals surface area contributed by atoms with Crippen LogP contribution in [0.4, 0.5) is 5.82 Å². The Bertz CT molecular complexity index is 680. The van der Waals surface area contributed by atoms with Crippen molar-refractivity contribution >= 4 is 5.82 Å². The minimum Gasteiger partial charge on any atom is -0.454 e. The molecule has 21 heavy (non-hydrogen) atoms. The first-order valence-electron chi connectivity index (χ1n) is 6.64. The van der Waals surface area contributed by atoms with Crippen molar-refractivity contribution in [2.45, 2.75) is 26.2 Å². The van der Waals surface area contributed by atoms with Gasteiger partial charge in [-0.2, -0.15) is 4.98 Å². The van der Waals surface area contributed by atoms with Crippen LogP contribution in [0.3, 0.4) is 0 Å². The van der Waals surface area contributed by atoms with E-state index in [2.05, 4.69) is 9.97 Å². The Morgan fingerprint density at radius 2 is 1.86 bits per heavy atom. The molecule has 0 saturated heterocycles. The summed E-state index contributed by atoms with van der Waals surface area (Å²) in [6.45, 7) is 6.29. The summed E-state index contributed by atoms with van der Waals surface area (Å²) in [5.74, 6) is 3.40. The number of anilines is 1. The SMILES string of the molecule is CC(C)(C)c1nc(N)cc(Oc2ccc3c(c2)OCO3)n1. The largest absolute Gasteiger partial charge is 0.454 e. The predicted octanol–water partition coefficient (Wildman–Crippen LogP) is 2.88. The number of aromatic nitrogens is 2. The van der Waals surface area contributed by atoms with Gasteiger partial charge < -0.3 is 19.9 Å². The summed E-state index contributed by atoms with van der Waals surface area (Å²) in [4.78, 5) is 8.65. The van der Waals surface area contributed by atoms with Crippen LogP contribution in [-0.2, 0) is 5.41 Å². The molecule has 0 fully saturated rings. The first-order chi connectivity index (χ1) is 9.91. The second-order valence-corrected chi connectivity index (χ2v) is 5.82. The van der Waals surface area contributed by atoms with E-state index < -0.39 is 0 Å². The van der Waals surface area contributed by atoms with Crippen LogP contribution >= 0.6 is 0 Å². The maximum Gasteiger partial charge on any atom is 0.231 e. The number of hydrogen-bond donors (Lipinski definition) is 1. The first kappa shape index (κ1) is 13.5. The zero-order valence-corrected chi connectivity index (χ0v) is 12.2. The molecule has 0 saturated carbocycles. The number of fused-ring (bicyclic) bond motifs is 1. The van der Waals surface area contributed by atoms with E-state index in [0.717, 1.165) is 0 Å². The van der Waals surface area contributed by atoms with Crippen LogP contribution in [0, 0.1) is 0 Å². The van der Waals surface area contributed by atoms with Gasteiger partial charge in [-0.25, -0.2) is 4.98 Å². The molecule has 1 aliphatic rings. The van der Waals surface area contributed by atoms with Gasteiger partial charge in [-0.15, -0.1) is 0 Å². The molecule has 110 valence electrons. The Kier molecular flexibility index (Phi) is 3.08. The second-order valence-electron chi connectivity index (χ2n) is 5.82. The van der Waals surface area contributed by atoms with Crippen molar-refractivity contribution in [3.8, 4) is 23.1 Å². The maximum atomic E-state index is 5.82. The summed E-state index contributed by atoms with van der Waals surface area (Å²) in [7, 11) is 0. The molecule has 0 unspecified atom stereocenters. The molecule has 6 nitrogen and oxygen atoms in total. The highest BCUT2D eigenvalue weighted by Crippen LogP contribution is 2.36. The third kappa shape index (κ3) is 2.84. The third-order valence-corrected chi connectivity index (χ3v) is 2.96. The lowest BCUT2D eigenvalue weighted by molar-refractivity contribution is 0.174. The minimum atomic E-state index is -0.206. The highest BCUT2D eigenvalue weighted by Gasteiger charge is 2.20. The molecule has 0 bridgehead atoms. The van der Waals surface area contributed by atoms with Crippen molar-refractivity contribution in [3.63, 3.8) is 0 Å². The number of benzene rings is 1. The van der Waals surface area contributed by atoms with Gasteiger partial charge >= 0.3 is 0 Å². The molecule has 0 radical (unpaired) electrons. The monoisotopic (exact) mass is 287 g/mol. The Morgan fingerprint density at radius 3 is 2.62 bits per heavy atom. The van der Waals surface area contributed by atoms with E-state index in [1.807, 2.05) is 20.8 Å². The fourth-order valence-electron chi connectivity index (χ4n) is 1.89. The first-order valence-corrected chi connectivity index (χ1v) is 6.64. The lowest BCUT2D eigenvalue weighted by Crippen LogP contribution is -2.17. The van der Waals surface area contributed by atoms with Gasteiger partial charge in [-0.3, -0.25) is 0 Å². The lowest BCUT2D eigenvalue weighted by atomic mass is 9.96. The van der Waals surface area contributed by atoms with Gasteiger partial charge in [-0.1, -0.05) is 20.8 Å². The molecule has 1 aromatic heterocycles. The predicted molar refractivity (Wildman–Crippen MR) is 77.8 cm³/mol. The van der Waals surface area contributed by atoms with Crippen molar-refractivity contribution in [1.29, 1.82) is 0 Å². The fourth-order valence-corrected chi connectivity index (χ4v) is 1.89. The van der Waals surface area contributed by atoms with E-state index in [1.165, 1.54) is 0 Å². The van der Waals surface area contributed by atoms with Gasteiger partial charge in [0, 0.05) is 17.5 Å². The van der Waals surface area contributed by atoms with Crippen molar-refractivity contribution in [2.24, 2.45) is 0 Å². The molecule has 6 heteroatoms. The van der Waals surface area contributed by atoms with E-state index in [0.29, 0.717) is 34.8 Å². The van der Waals surface area contributed by atoms with Crippen LogP contribution in [-0.4, -0.2) is 16.8 Å². The molecule has 2 aromatic rings. The topological polar surface area (TPSA) is 79.5 Å². The van der Waals surface area contributed by atoms with Gasteiger partial charge in [0.05, 0.1) is 0 Å². The van der Waals surface area contributed by atoms with Gasteiger partial charge in [0.25, 0.3) is 0 Å². The van der Waals surface area contributed by atoms with Crippen LogP contribution in [0.1, 0.15) is 26.6 Å². The number of hydrogen-bond acceptors (Lipinski definition) is 6. The quantitative estimate of drug-likeness (QED) is 0.914. The standard InChI is InChI=1S/C15H17N3O3/c1-15(2,3)14-17-12(16)7-13(18-14)21-9-4-5-10-11(6-9)20-8-19-10/h4-7H,8H2,1-3H3,(H2,16,17,18). The summed E-state index contributed by atoms with van der Waals surface area (Å²) < 4.78 is 16.3. The van der Waals surface area contributed by atoms with Crippen molar-refractivity contribution in [3.05, 3.63) is 30.1 Å². The van der Waals surface area contributed by atoms with Gasteiger partial charge in [0.15, 0.2) is 11.5 Å². The molecule has 0 amide bonds. The zero-order valence-electron chi connectivity index (χ0n) is 12.2. The number of ether oxygens (including phenoxy) is 3. The summed E-state index contributed by atoms with van der Waals surface area (Å²) in [5.41, 5.74) is 5.62. The third-order valence-electron chi connectivity index (χ3n) is 2.96. The lowest BCUT2D eigenvalue weighted by Gasteiger charge is -2.17. The van der Waals surface area contributed by atoms with E-state index in [4.69, 9.17) is 19.9 Å². The number of nitrogens with two attached hydrogens (primary N) is 1. The highest BCUT2D eigenvalue weighted by atomic mass is 16.7.